The van der Waals surface area contributed by atoms with Gasteiger partial charge in [-0.15, -0.1) is 0 Å². The molecule has 0 bridgehead atoms. The lowest BCUT2D eigenvalue weighted by Crippen LogP contribution is -2.38. The highest BCUT2D eigenvalue weighted by Gasteiger charge is 2.28. The van der Waals surface area contributed by atoms with Gasteiger partial charge < -0.3 is 19.3 Å². The Morgan fingerprint density at radius 3 is 2.56 bits per heavy atom. The molecule has 1 aromatic carbocycles. The van der Waals surface area contributed by atoms with Crippen LogP contribution in [0.4, 0.5) is 5.95 Å². The van der Waals surface area contributed by atoms with E-state index in [2.05, 4.69) is 17.1 Å². The molecule has 0 aliphatic carbocycles. The van der Waals surface area contributed by atoms with Crippen molar-refractivity contribution in [1.82, 2.24) is 14.9 Å². The minimum Gasteiger partial charge on any atom is -0.497 e. The molecule has 0 N–H and O–H groups in total. The number of anilines is 1. The maximum absolute atomic E-state index is 12.7. The number of piperidine rings is 1. The lowest BCUT2D eigenvalue weighted by Gasteiger charge is -2.33. The predicted molar refractivity (Wildman–Crippen MR) is 125 cm³/mol. The van der Waals surface area contributed by atoms with Gasteiger partial charge in [0.05, 0.1) is 18.9 Å². The highest BCUT2D eigenvalue weighted by molar-refractivity contribution is 5.76. The van der Waals surface area contributed by atoms with Gasteiger partial charge >= 0.3 is 0 Å². The molecule has 1 amide bonds. The van der Waals surface area contributed by atoms with E-state index in [0.29, 0.717) is 18.3 Å². The SMILES string of the molecule is COc1ccc(-c2cnc(N(C)C)nc2C2CCN(C(=O)CCC3CCCO3)CC2)cc1. The molecule has 2 fully saturated rings. The van der Waals surface area contributed by atoms with Crippen LogP contribution in [0.1, 0.15) is 50.1 Å². The van der Waals surface area contributed by atoms with Gasteiger partial charge in [0.25, 0.3) is 0 Å². The first-order valence-electron chi connectivity index (χ1n) is 11.6. The van der Waals surface area contributed by atoms with E-state index in [0.717, 1.165) is 74.4 Å². The van der Waals surface area contributed by atoms with Crippen LogP contribution in [0.3, 0.4) is 0 Å². The van der Waals surface area contributed by atoms with Gasteiger partial charge in [-0.05, 0) is 49.8 Å². The van der Waals surface area contributed by atoms with Crippen LogP contribution in [-0.2, 0) is 9.53 Å². The fourth-order valence-corrected chi connectivity index (χ4v) is 4.62. The van der Waals surface area contributed by atoms with Crippen LogP contribution >= 0.6 is 0 Å². The molecule has 7 nitrogen and oxygen atoms in total. The highest BCUT2D eigenvalue weighted by atomic mass is 16.5. The molecule has 1 aromatic heterocycles. The molecule has 2 aromatic rings. The number of aromatic nitrogens is 2. The maximum Gasteiger partial charge on any atom is 0.225 e. The Bertz CT molecular complexity index is 902. The van der Waals surface area contributed by atoms with E-state index in [9.17, 15) is 4.79 Å². The number of amides is 1. The lowest BCUT2D eigenvalue weighted by atomic mass is 9.88. The van der Waals surface area contributed by atoms with Crippen LogP contribution < -0.4 is 9.64 Å². The first kappa shape index (κ1) is 22.5. The van der Waals surface area contributed by atoms with Crippen molar-refractivity contribution in [2.75, 3.05) is 45.8 Å². The minimum absolute atomic E-state index is 0.256. The maximum atomic E-state index is 12.7. The van der Waals surface area contributed by atoms with Gasteiger partial charge in [-0.3, -0.25) is 4.79 Å². The second kappa shape index (κ2) is 10.3. The number of benzene rings is 1. The first-order valence-corrected chi connectivity index (χ1v) is 11.6. The highest BCUT2D eigenvalue weighted by Crippen LogP contribution is 2.35. The molecule has 2 saturated heterocycles. The molecule has 0 spiro atoms. The van der Waals surface area contributed by atoms with Crippen LogP contribution in [0.5, 0.6) is 5.75 Å². The summed E-state index contributed by atoms with van der Waals surface area (Å²) in [6.45, 7) is 2.39. The minimum atomic E-state index is 0.256. The van der Waals surface area contributed by atoms with Crippen LogP contribution in [-0.4, -0.2) is 67.8 Å². The van der Waals surface area contributed by atoms with Crippen molar-refractivity contribution in [1.29, 1.82) is 0 Å². The lowest BCUT2D eigenvalue weighted by molar-refractivity contribution is -0.132. The fourth-order valence-electron chi connectivity index (χ4n) is 4.62. The van der Waals surface area contributed by atoms with Crippen molar-refractivity contribution in [3.8, 4) is 16.9 Å². The third kappa shape index (κ3) is 5.21. The predicted octanol–water partition coefficient (Wildman–Crippen LogP) is 3.88. The molecule has 7 heteroatoms. The van der Waals surface area contributed by atoms with Crippen LogP contribution in [0.25, 0.3) is 11.1 Å². The van der Waals surface area contributed by atoms with Crippen molar-refractivity contribution in [2.24, 2.45) is 0 Å². The van der Waals surface area contributed by atoms with Gasteiger partial charge in [-0.1, -0.05) is 12.1 Å². The van der Waals surface area contributed by atoms with Crippen molar-refractivity contribution in [2.45, 2.75) is 50.5 Å². The number of ether oxygens (including phenoxy) is 2. The van der Waals surface area contributed by atoms with E-state index in [4.69, 9.17) is 14.5 Å². The second-order valence-corrected chi connectivity index (χ2v) is 8.92. The normalized spacial score (nSPS) is 19.2. The number of carbonyl (C=O) groups excluding carboxylic acids is 1. The zero-order chi connectivity index (χ0) is 22.5. The third-order valence-corrected chi connectivity index (χ3v) is 6.55. The van der Waals surface area contributed by atoms with Crippen molar-refractivity contribution in [3.05, 3.63) is 36.2 Å². The van der Waals surface area contributed by atoms with Gasteiger partial charge in [0, 0.05) is 57.9 Å². The smallest absolute Gasteiger partial charge is 0.225 e. The fraction of sp³-hybridized carbons (Fsp3) is 0.560. The van der Waals surface area contributed by atoms with Gasteiger partial charge in [0.1, 0.15) is 5.75 Å². The molecular weight excluding hydrogens is 404 g/mol. The monoisotopic (exact) mass is 438 g/mol. The second-order valence-electron chi connectivity index (χ2n) is 8.92. The molecule has 2 aliphatic heterocycles. The number of hydrogen-bond acceptors (Lipinski definition) is 6. The average molecular weight is 439 g/mol. The Hall–Kier alpha value is -2.67. The van der Waals surface area contributed by atoms with Crippen LogP contribution in [0.2, 0.25) is 0 Å². The summed E-state index contributed by atoms with van der Waals surface area (Å²) in [6, 6.07) is 8.04. The van der Waals surface area contributed by atoms with Gasteiger partial charge in [-0.25, -0.2) is 9.97 Å². The number of rotatable bonds is 7. The van der Waals surface area contributed by atoms with Crippen LogP contribution in [0, 0.1) is 0 Å². The van der Waals surface area contributed by atoms with E-state index < -0.39 is 0 Å². The number of likely N-dealkylation sites (tertiary alicyclic amines) is 1. The molecule has 2 aliphatic rings. The van der Waals surface area contributed by atoms with Gasteiger partial charge in [0.15, 0.2) is 0 Å². The Kier molecular flexibility index (Phi) is 7.25. The van der Waals surface area contributed by atoms with Gasteiger partial charge in [0.2, 0.25) is 11.9 Å². The molecule has 172 valence electrons. The summed E-state index contributed by atoms with van der Waals surface area (Å²) in [5, 5.41) is 0. The molecule has 4 rings (SSSR count). The Balaban J connectivity index is 1.46. The van der Waals surface area contributed by atoms with Crippen molar-refractivity contribution >= 4 is 11.9 Å². The summed E-state index contributed by atoms with van der Waals surface area (Å²) >= 11 is 0. The van der Waals surface area contributed by atoms with E-state index in [1.54, 1.807) is 7.11 Å². The number of nitrogens with zero attached hydrogens (tertiary/aromatic N) is 4. The molecule has 0 saturated carbocycles. The zero-order valence-corrected chi connectivity index (χ0v) is 19.4. The first-order chi connectivity index (χ1) is 15.5. The molecule has 1 atom stereocenters. The Morgan fingerprint density at radius 1 is 1.19 bits per heavy atom. The zero-order valence-electron chi connectivity index (χ0n) is 19.4. The van der Waals surface area contributed by atoms with E-state index >= 15 is 0 Å². The molecule has 32 heavy (non-hydrogen) atoms. The number of carbonyl (C=O) groups is 1. The van der Waals surface area contributed by atoms with E-state index in [-0.39, 0.29) is 12.0 Å². The molecular formula is C25H34N4O3. The largest absolute Gasteiger partial charge is 0.497 e. The summed E-state index contributed by atoms with van der Waals surface area (Å²) in [4.78, 5) is 26.2. The van der Waals surface area contributed by atoms with E-state index in [1.807, 2.05) is 42.2 Å². The Morgan fingerprint density at radius 2 is 1.94 bits per heavy atom. The van der Waals surface area contributed by atoms with Crippen molar-refractivity contribution < 1.29 is 14.3 Å². The molecule has 1 unspecified atom stereocenters. The molecule has 0 radical (unpaired) electrons. The summed E-state index contributed by atoms with van der Waals surface area (Å²) in [5.74, 6) is 2.10. The Labute approximate surface area is 190 Å². The standard InChI is InChI=1S/C25H34N4O3/c1-28(2)25-26-17-22(18-6-8-20(31-3)9-7-18)24(27-25)19-12-14-29(15-13-19)23(30)11-10-21-5-4-16-32-21/h6-9,17,19,21H,4-5,10-16H2,1-3H3. The summed E-state index contributed by atoms with van der Waals surface area (Å²) in [5.41, 5.74) is 3.21. The summed E-state index contributed by atoms with van der Waals surface area (Å²) < 4.78 is 11.0. The quantitative estimate of drug-likeness (QED) is 0.654. The summed E-state index contributed by atoms with van der Waals surface area (Å²) in [6.07, 6.45) is 7.67. The van der Waals surface area contributed by atoms with Crippen molar-refractivity contribution in [3.63, 3.8) is 0 Å². The topological polar surface area (TPSA) is 67.8 Å². The average Bonchev–Trinajstić information content (AvgIpc) is 3.36. The third-order valence-electron chi connectivity index (χ3n) is 6.55. The number of hydrogen-bond donors (Lipinski definition) is 0. The molecule has 3 heterocycles. The van der Waals surface area contributed by atoms with Crippen LogP contribution in [0.15, 0.2) is 30.5 Å². The number of methoxy groups -OCH3 is 1. The van der Waals surface area contributed by atoms with Gasteiger partial charge in [-0.2, -0.15) is 0 Å². The van der Waals surface area contributed by atoms with E-state index in [1.165, 1.54) is 0 Å². The summed E-state index contributed by atoms with van der Waals surface area (Å²) in [7, 11) is 5.59.